The highest BCUT2D eigenvalue weighted by atomic mass is 19.4. The van der Waals surface area contributed by atoms with Gasteiger partial charge in [0.1, 0.15) is 6.10 Å². The maximum Gasteiger partial charge on any atom is 0.421 e. The van der Waals surface area contributed by atoms with E-state index in [1.165, 1.54) is 26.3 Å². The SMILES string of the molecule is CCCC(CC)OC(=O)N(c1ncc(C(F)(F)F)c(C)n1)c1cc(OC)ncc1C. The molecule has 0 saturated heterocycles. The van der Waals surface area contributed by atoms with Crippen LogP contribution in [-0.2, 0) is 10.9 Å². The zero-order chi connectivity index (χ0) is 22.5. The van der Waals surface area contributed by atoms with Gasteiger partial charge in [-0.15, -0.1) is 0 Å². The average Bonchev–Trinajstić information content (AvgIpc) is 2.68. The van der Waals surface area contributed by atoms with Gasteiger partial charge in [0.15, 0.2) is 0 Å². The van der Waals surface area contributed by atoms with E-state index in [-0.39, 0.29) is 23.6 Å². The number of amides is 1. The molecule has 2 heterocycles. The van der Waals surface area contributed by atoms with Crippen LogP contribution in [0.2, 0.25) is 0 Å². The summed E-state index contributed by atoms with van der Waals surface area (Å²) in [5.41, 5.74) is -0.402. The van der Waals surface area contributed by atoms with Gasteiger partial charge in [-0.1, -0.05) is 20.3 Å². The first-order chi connectivity index (χ1) is 14.1. The van der Waals surface area contributed by atoms with Crippen LogP contribution < -0.4 is 9.64 Å². The summed E-state index contributed by atoms with van der Waals surface area (Å²) in [6.07, 6.45) is -1.53. The van der Waals surface area contributed by atoms with Crippen molar-refractivity contribution in [3.63, 3.8) is 0 Å². The Morgan fingerprint density at radius 1 is 1.20 bits per heavy atom. The number of halogens is 3. The molecule has 0 radical (unpaired) electrons. The van der Waals surface area contributed by atoms with Crippen LogP contribution in [-0.4, -0.2) is 34.3 Å². The number of rotatable bonds is 7. The molecule has 1 amide bonds. The summed E-state index contributed by atoms with van der Waals surface area (Å²) in [6.45, 7) is 6.76. The average molecular weight is 426 g/mol. The molecule has 0 fully saturated rings. The fourth-order valence-electron chi connectivity index (χ4n) is 2.84. The monoisotopic (exact) mass is 426 g/mol. The molecule has 1 unspecified atom stereocenters. The van der Waals surface area contributed by atoms with Crippen molar-refractivity contribution in [2.24, 2.45) is 0 Å². The molecule has 2 aromatic heterocycles. The van der Waals surface area contributed by atoms with E-state index in [9.17, 15) is 18.0 Å². The normalized spacial score (nSPS) is 12.4. The molecule has 0 aliphatic heterocycles. The highest BCUT2D eigenvalue weighted by Crippen LogP contribution is 2.34. The Labute approximate surface area is 173 Å². The maximum atomic E-state index is 13.1. The van der Waals surface area contributed by atoms with Gasteiger partial charge in [0.05, 0.1) is 24.1 Å². The number of carbonyl (C=O) groups is 1. The molecule has 2 aromatic rings. The number of ether oxygens (including phenoxy) is 2. The van der Waals surface area contributed by atoms with Crippen molar-refractivity contribution in [1.82, 2.24) is 15.0 Å². The first kappa shape index (κ1) is 23.4. The zero-order valence-corrected chi connectivity index (χ0v) is 17.6. The van der Waals surface area contributed by atoms with E-state index in [0.717, 1.165) is 11.3 Å². The lowest BCUT2D eigenvalue weighted by molar-refractivity contribution is -0.138. The quantitative estimate of drug-likeness (QED) is 0.592. The van der Waals surface area contributed by atoms with Gasteiger partial charge in [0.2, 0.25) is 11.8 Å². The molecule has 0 spiro atoms. The largest absolute Gasteiger partial charge is 0.481 e. The molecule has 0 aliphatic carbocycles. The van der Waals surface area contributed by atoms with Gasteiger partial charge in [-0.05, 0) is 32.3 Å². The molecule has 0 N–H and O–H groups in total. The highest BCUT2D eigenvalue weighted by Gasteiger charge is 2.35. The van der Waals surface area contributed by atoms with E-state index in [1.807, 2.05) is 13.8 Å². The number of nitrogens with zero attached hydrogens (tertiary/aromatic N) is 4. The first-order valence-electron chi connectivity index (χ1n) is 9.54. The predicted octanol–water partition coefficient (Wildman–Crippen LogP) is 5.37. The molecule has 0 saturated carbocycles. The van der Waals surface area contributed by atoms with Crippen molar-refractivity contribution < 1.29 is 27.4 Å². The molecule has 7 nitrogen and oxygen atoms in total. The van der Waals surface area contributed by atoms with Crippen LogP contribution in [0.1, 0.15) is 49.9 Å². The smallest absolute Gasteiger partial charge is 0.421 e. The fourth-order valence-corrected chi connectivity index (χ4v) is 2.84. The third kappa shape index (κ3) is 5.37. The summed E-state index contributed by atoms with van der Waals surface area (Å²) in [5.74, 6) is -0.00848. The Balaban J connectivity index is 2.57. The summed E-state index contributed by atoms with van der Waals surface area (Å²) in [6, 6.07) is 1.48. The van der Waals surface area contributed by atoms with Gasteiger partial charge in [0, 0.05) is 18.5 Å². The minimum atomic E-state index is -4.60. The lowest BCUT2D eigenvalue weighted by atomic mass is 10.2. The number of carbonyl (C=O) groups excluding carboxylic acids is 1. The number of methoxy groups -OCH3 is 1. The van der Waals surface area contributed by atoms with E-state index in [0.29, 0.717) is 30.3 Å². The van der Waals surface area contributed by atoms with Gasteiger partial charge < -0.3 is 9.47 Å². The minimum Gasteiger partial charge on any atom is -0.481 e. The molecule has 0 aromatic carbocycles. The molecule has 0 bridgehead atoms. The molecular formula is C20H25F3N4O3. The number of hydrogen-bond acceptors (Lipinski definition) is 6. The number of hydrogen-bond donors (Lipinski definition) is 0. The first-order valence-corrected chi connectivity index (χ1v) is 9.54. The predicted molar refractivity (Wildman–Crippen MR) is 105 cm³/mol. The minimum absolute atomic E-state index is 0.220. The second kappa shape index (κ2) is 9.73. The molecule has 164 valence electrons. The van der Waals surface area contributed by atoms with Crippen molar-refractivity contribution >= 4 is 17.7 Å². The van der Waals surface area contributed by atoms with E-state index >= 15 is 0 Å². The maximum absolute atomic E-state index is 13.1. The molecule has 10 heteroatoms. The van der Waals surface area contributed by atoms with Gasteiger partial charge in [0.25, 0.3) is 0 Å². The Bertz CT molecular complexity index is 890. The summed E-state index contributed by atoms with van der Waals surface area (Å²) < 4.78 is 50.1. The number of aromatic nitrogens is 3. The van der Waals surface area contributed by atoms with Crippen molar-refractivity contribution in [3.05, 3.63) is 35.3 Å². The van der Waals surface area contributed by atoms with Crippen molar-refractivity contribution in [3.8, 4) is 5.88 Å². The van der Waals surface area contributed by atoms with Crippen molar-refractivity contribution in [2.45, 2.75) is 59.2 Å². The van der Waals surface area contributed by atoms with Gasteiger partial charge >= 0.3 is 12.3 Å². The standard InChI is InChI=1S/C20H25F3N4O3/c1-6-8-14(7-2)30-19(28)27(16-9-17(29-5)24-10-12(16)3)18-25-11-15(13(4)26-18)20(21,22)23/h9-11,14H,6-8H2,1-5H3. The van der Waals surface area contributed by atoms with Crippen molar-refractivity contribution in [1.29, 1.82) is 0 Å². The van der Waals surface area contributed by atoms with E-state index in [1.54, 1.807) is 6.92 Å². The Hall–Kier alpha value is -2.91. The Morgan fingerprint density at radius 2 is 1.90 bits per heavy atom. The van der Waals surface area contributed by atoms with Crippen LogP contribution in [0.5, 0.6) is 5.88 Å². The van der Waals surface area contributed by atoms with Gasteiger partial charge in [-0.2, -0.15) is 13.2 Å². The summed E-state index contributed by atoms with van der Waals surface area (Å²) >= 11 is 0. The third-order valence-electron chi connectivity index (χ3n) is 4.49. The third-order valence-corrected chi connectivity index (χ3v) is 4.49. The van der Waals surface area contributed by atoms with E-state index in [2.05, 4.69) is 15.0 Å². The highest BCUT2D eigenvalue weighted by molar-refractivity contribution is 5.95. The molecule has 0 aliphatic rings. The molecule has 1 atom stereocenters. The fraction of sp³-hybridized carbons (Fsp3) is 0.500. The van der Waals surface area contributed by atoms with E-state index < -0.39 is 17.8 Å². The zero-order valence-electron chi connectivity index (χ0n) is 17.6. The topological polar surface area (TPSA) is 77.4 Å². The summed E-state index contributed by atoms with van der Waals surface area (Å²) in [5, 5.41) is 0. The number of anilines is 2. The van der Waals surface area contributed by atoms with Gasteiger partial charge in [-0.25, -0.2) is 24.6 Å². The van der Waals surface area contributed by atoms with Crippen LogP contribution in [0, 0.1) is 13.8 Å². The Kier molecular flexibility index (Phi) is 7.58. The number of pyridine rings is 1. The number of alkyl halides is 3. The second-order valence-corrected chi connectivity index (χ2v) is 6.72. The molecular weight excluding hydrogens is 401 g/mol. The summed E-state index contributed by atoms with van der Waals surface area (Å²) in [4.78, 5) is 26.0. The summed E-state index contributed by atoms with van der Waals surface area (Å²) in [7, 11) is 1.41. The van der Waals surface area contributed by atoms with E-state index in [4.69, 9.17) is 9.47 Å². The lowest BCUT2D eigenvalue weighted by Crippen LogP contribution is -2.33. The molecule has 30 heavy (non-hydrogen) atoms. The number of aryl methyl sites for hydroxylation is 2. The lowest BCUT2D eigenvalue weighted by Gasteiger charge is -2.25. The van der Waals surface area contributed by atoms with Crippen LogP contribution in [0.4, 0.5) is 29.6 Å². The van der Waals surface area contributed by atoms with Crippen LogP contribution >= 0.6 is 0 Å². The Morgan fingerprint density at radius 3 is 2.43 bits per heavy atom. The van der Waals surface area contributed by atoms with Gasteiger partial charge in [-0.3, -0.25) is 0 Å². The van der Waals surface area contributed by atoms with Crippen LogP contribution in [0.25, 0.3) is 0 Å². The second-order valence-electron chi connectivity index (χ2n) is 6.72. The molecule has 2 rings (SSSR count). The van der Waals surface area contributed by atoms with Crippen LogP contribution in [0.15, 0.2) is 18.5 Å². The van der Waals surface area contributed by atoms with Crippen LogP contribution in [0.3, 0.4) is 0 Å². The van der Waals surface area contributed by atoms with Crippen molar-refractivity contribution in [2.75, 3.05) is 12.0 Å².